The molecule has 0 saturated heterocycles. The van der Waals surface area contributed by atoms with Crippen LogP contribution in [0.15, 0.2) is 66.9 Å². The number of carbonyl (C=O) groups is 1. The van der Waals surface area contributed by atoms with Gasteiger partial charge in [0, 0.05) is 18.8 Å². The van der Waals surface area contributed by atoms with Crippen LogP contribution in [0.3, 0.4) is 0 Å². The third kappa shape index (κ3) is 4.53. The fourth-order valence-electron chi connectivity index (χ4n) is 3.06. The lowest BCUT2D eigenvalue weighted by molar-refractivity contribution is 0.0946. The highest BCUT2D eigenvalue weighted by molar-refractivity contribution is 5.92. The molecule has 1 aromatic heterocycles. The molecule has 3 aromatic rings. The first kappa shape index (κ1) is 18.6. The van der Waals surface area contributed by atoms with Crippen LogP contribution in [-0.2, 0) is 6.54 Å². The third-order valence-corrected chi connectivity index (χ3v) is 4.62. The van der Waals surface area contributed by atoms with Gasteiger partial charge in [0.05, 0.1) is 11.9 Å². The summed E-state index contributed by atoms with van der Waals surface area (Å²) in [6.45, 7) is 7.55. The fraction of sp³-hybridized carbons (Fsp3) is 0.217. The van der Waals surface area contributed by atoms with E-state index in [-0.39, 0.29) is 5.91 Å². The van der Waals surface area contributed by atoms with E-state index in [1.54, 1.807) is 12.3 Å². The second kappa shape index (κ2) is 8.49. The second-order valence-electron chi connectivity index (χ2n) is 6.59. The first-order valence-electron chi connectivity index (χ1n) is 9.21. The molecule has 0 fully saturated rings. The molecular formula is C23H25N3O. The van der Waals surface area contributed by atoms with Crippen molar-refractivity contribution in [1.29, 1.82) is 0 Å². The summed E-state index contributed by atoms with van der Waals surface area (Å²) in [5.41, 5.74) is 6.00. The summed E-state index contributed by atoms with van der Waals surface area (Å²) in [7, 11) is 0. The zero-order valence-electron chi connectivity index (χ0n) is 16.1. The second-order valence-corrected chi connectivity index (χ2v) is 6.59. The molecule has 3 rings (SSSR count). The van der Waals surface area contributed by atoms with Gasteiger partial charge in [-0.05, 0) is 61.7 Å². The quantitative estimate of drug-likeness (QED) is 0.688. The Morgan fingerprint density at radius 1 is 1.00 bits per heavy atom. The number of rotatable bonds is 6. The van der Waals surface area contributed by atoms with Crippen molar-refractivity contribution in [2.24, 2.45) is 0 Å². The van der Waals surface area contributed by atoms with E-state index in [2.05, 4.69) is 47.2 Å². The molecule has 4 heteroatoms. The van der Waals surface area contributed by atoms with Crippen molar-refractivity contribution in [3.63, 3.8) is 0 Å². The Hall–Kier alpha value is -3.14. The van der Waals surface area contributed by atoms with Crippen LogP contribution in [0.1, 0.15) is 34.1 Å². The summed E-state index contributed by atoms with van der Waals surface area (Å²) in [4.78, 5) is 19.0. The molecule has 2 aromatic carbocycles. The van der Waals surface area contributed by atoms with E-state index in [4.69, 9.17) is 0 Å². The summed E-state index contributed by atoms with van der Waals surface area (Å²) in [5.74, 6) is -0.164. The molecule has 0 radical (unpaired) electrons. The molecule has 0 aliphatic heterocycles. The standard InChI is InChI=1S/C23H25N3O/c1-4-26(20-11-7-8-17(2)14-20)21-12-13-22(24-16-21)23(27)25-15-19-10-6-5-9-18(19)3/h5-14,16H,4,15H2,1-3H3,(H,25,27). The van der Waals surface area contributed by atoms with Crippen LogP contribution < -0.4 is 10.2 Å². The summed E-state index contributed by atoms with van der Waals surface area (Å²) in [6, 6.07) is 20.1. The minimum atomic E-state index is -0.164. The molecule has 138 valence electrons. The fourth-order valence-corrected chi connectivity index (χ4v) is 3.06. The van der Waals surface area contributed by atoms with E-state index in [0.717, 1.165) is 29.0 Å². The molecule has 0 saturated carbocycles. The number of aryl methyl sites for hydroxylation is 2. The van der Waals surface area contributed by atoms with Gasteiger partial charge in [-0.15, -0.1) is 0 Å². The molecule has 0 aliphatic carbocycles. The Bertz CT molecular complexity index is 919. The van der Waals surface area contributed by atoms with Crippen LogP contribution in [0.5, 0.6) is 0 Å². The van der Waals surface area contributed by atoms with Gasteiger partial charge >= 0.3 is 0 Å². The van der Waals surface area contributed by atoms with Gasteiger partial charge in [0.1, 0.15) is 5.69 Å². The van der Waals surface area contributed by atoms with Gasteiger partial charge in [0.15, 0.2) is 0 Å². The van der Waals surface area contributed by atoms with Crippen molar-refractivity contribution in [1.82, 2.24) is 10.3 Å². The van der Waals surface area contributed by atoms with Crippen LogP contribution >= 0.6 is 0 Å². The zero-order chi connectivity index (χ0) is 19.2. The highest BCUT2D eigenvalue weighted by Crippen LogP contribution is 2.25. The van der Waals surface area contributed by atoms with E-state index >= 15 is 0 Å². The number of benzene rings is 2. The average molecular weight is 359 g/mol. The van der Waals surface area contributed by atoms with Crippen molar-refractivity contribution in [2.45, 2.75) is 27.3 Å². The Balaban J connectivity index is 1.70. The predicted octanol–water partition coefficient (Wildman–Crippen LogP) is 4.79. The smallest absolute Gasteiger partial charge is 0.270 e. The number of aromatic nitrogens is 1. The minimum absolute atomic E-state index is 0.164. The van der Waals surface area contributed by atoms with Crippen molar-refractivity contribution < 1.29 is 4.79 Å². The van der Waals surface area contributed by atoms with Crippen LogP contribution in [0.2, 0.25) is 0 Å². The normalized spacial score (nSPS) is 10.5. The van der Waals surface area contributed by atoms with Gasteiger partial charge in [0.2, 0.25) is 0 Å². The lowest BCUT2D eigenvalue weighted by atomic mass is 10.1. The minimum Gasteiger partial charge on any atom is -0.347 e. The van der Waals surface area contributed by atoms with E-state index in [1.807, 2.05) is 43.3 Å². The van der Waals surface area contributed by atoms with E-state index in [9.17, 15) is 4.79 Å². The molecule has 1 N–H and O–H groups in total. The summed E-state index contributed by atoms with van der Waals surface area (Å²) in [5, 5.41) is 2.94. The maximum atomic E-state index is 12.4. The average Bonchev–Trinajstić information content (AvgIpc) is 2.68. The van der Waals surface area contributed by atoms with Crippen molar-refractivity contribution in [2.75, 3.05) is 11.4 Å². The highest BCUT2D eigenvalue weighted by atomic mass is 16.1. The Morgan fingerprint density at radius 3 is 2.48 bits per heavy atom. The van der Waals surface area contributed by atoms with Gasteiger partial charge in [-0.25, -0.2) is 4.98 Å². The van der Waals surface area contributed by atoms with Crippen molar-refractivity contribution in [3.8, 4) is 0 Å². The molecule has 4 nitrogen and oxygen atoms in total. The molecule has 0 aliphatic rings. The molecule has 0 atom stereocenters. The number of pyridine rings is 1. The highest BCUT2D eigenvalue weighted by Gasteiger charge is 2.11. The summed E-state index contributed by atoms with van der Waals surface area (Å²) >= 11 is 0. The van der Waals surface area contributed by atoms with E-state index in [0.29, 0.717) is 12.2 Å². The molecule has 0 unspecified atom stereocenters. The molecule has 1 heterocycles. The number of anilines is 2. The molecule has 0 bridgehead atoms. The largest absolute Gasteiger partial charge is 0.347 e. The van der Waals surface area contributed by atoms with Crippen LogP contribution in [-0.4, -0.2) is 17.4 Å². The number of hydrogen-bond acceptors (Lipinski definition) is 3. The third-order valence-electron chi connectivity index (χ3n) is 4.62. The zero-order valence-corrected chi connectivity index (χ0v) is 16.1. The van der Waals surface area contributed by atoms with Gasteiger partial charge in [-0.2, -0.15) is 0 Å². The monoisotopic (exact) mass is 359 g/mol. The van der Waals surface area contributed by atoms with Crippen LogP contribution in [0, 0.1) is 13.8 Å². The number of hydrogen-bond donors (Lipinski definition) is 1. The van der Waals surface area contributed by atoms with Crippen LogP contribution in [0.25, 0.3) is 0 Å². The van der Waals surface area contributed by atoms with Crippen molar-refractivity contribution >= 4 is 17.3 Å². The molecular weight excluding hydrogens is 334 g/mol. The number of nitrogens with zero attached hydrogens (tertiary/aromatic N) is 2. The SMILES string of the molecule is CCN(c1ccc(C(=O)NCc2ccccc2C)nc1)c1cccc(C)c1. The predicted molar refractivity (Wildman–Crippen MR) is 110 cm³/mol. The van der Waals surface area contributed by atoms with Crippen molar-refractivity contribution in [3.05, 3.63) is 89.2 Å². The van der Waals surface area contributed by atoms with Gasteiger partial charge < -0.3 is 10.2 Å². The first-order valence-corrected chi connectivity index (χ1v) is 9.21. The lowest BCUT2D eigenvalue weighted by Crippen LogP contribution is -2.24. The first-order chi connectivity index (χ1) is 13.1. The lowest BCUT2D eigenvalue weighted by Gasteiger charge is -2.23. The number of amides is 1. The maximum Gasteiger partial charge on any atom is 0.270 e. The summed E-state index contributed by atoms with van der Waals surface area (Å²) in [6.07, 6.45) is 1.76. The Labute approximate surface area is 160 Å². The van der Waals surface area contributed by atoms with E-state index < -0.39 is 0 Å². The topological polar surface area (TPSA) is 45.2 Å². The van der Waals surface area contributed by atoms with Gasteiger partial charge in [0.25, 0.3) is 5.91 Å². The molecule has 27 heavy (non-hydrogen) atoms. The number of carbonyl (C=O) groups excluding carboxylic acids is 1. The number of nitrogens with one attached hydrogen (secondary N) is 1. The van der Waals surface area contributed by atoms with Gasteiger partial charge in [-0.3, -0.25) is 4.79 Å². The molecule has 1 amide bonds. The molecule has 0 spiro atoms. The summed E-state index contributed by atoms with van der Waals surface area (Å²) < 4.78 is 0. The Kier molecular flexibility index (Phi) is 5.87. The maximum absolute atomic E-state index is 12.4. The Morgan fingerprint density at radius 2 is 1.81 bits per heavy atom. The van der Waals surface area contributed by atoms with Crippen LogP contribution in [0.4, 0.5) is 11.4 Å². The van der Waals surface area contributed by atoms with E-state index in [1.165, 1.54) is 5.56 Å². The van der Waals surface area contributed by atoms with Gasteiger partial charge in [-0.1, -0.05) is 36.4 Å².